The van der Waals surface area contributed by atoms with Crippen LogP contribution in [0.25, 0.3) is 0 Å². The zero-order valence-corrected chi connectivity index (χ0v) is 11.5. The van der Waals surface area contributed by atoms with Crippen molar-refractivity contribution in [2.45, 2.75) is 39.7 Å². The van der Waals surface area contributed by atoms with Crippen molar-refractivity contribution in [1.82, 2.24) is 4.90 Å². The summed E-state index contributed by atoms with van der Waals surface area (Å²) in [4.78, 5) is 14.6. The first-order valence-corrected chi connectivity index (χ1v) is 7.35. The monoisotopic (exact) mass is 244 g/mol. The zero-order valence-electron chi connectivity index (χ0n) is 10.7. The van der Waals surface area contributed by atoms with Gasteiger partial charge in [-0.3, -0.25) is 4.79 Å². The van der Waals surface area contributed by atoms with E-state index in [1.165, 1.54) is 0 Å². The molecule has 1 heterocycles. The summed E-state index contributed by atoms with van der Waals surface area (Å²) in [6.45, 7) is 7.62. The fraction of sp³-hybridized carbons (Fsp3) is 0.917. The van der Waals surface area contributed by atoms with Crippen LogP contribution in [0, 0.1) is 5.41 Å². The Hall–Kier alpha value is -0.220. The van der Waals surface area contributed by atoms with Gasteiger partial charge >= 0.3 is 0 Å². The molecule has 1 aliphatic heterocycles. The molecule has 0 radical (unpaired) electrons. The summed E-state index contributed by atoms with van der Waals surface area (Å²) < 4.78 is 0. The number of hydrogen-bond acceptors (Lipinski definition) is 3. The van der Waals surface area contributed by atoms with E-state index >= 15 is 0 Å². The van der Waals surface area contributed by atoms with Gasteiger partial charge in [-0.1, -0.05) is 13.8 Å². The van der Waals surface area contributed by atoms with E-state index in [9.17, 15) is 4.79 Å². The molecule has 0 aliphatic carbocycles. The van der Waals surface area contributed by atoms with Crippen LogP contribution in [0.5, 0.6) is 0 Å². The van der Waals surface area contributed by atoms with Crippen molar-refractivity contribution in [3.8, 4) is 0 Å². The van der Waals surface area contributed by atoms with Crippen molar-refractivity contribution >= 4 is 17.7 Å². The molecule has 3 nitrogen and oxygen atoms in total. The van der Waals surface area contributed by atoms with Crippen molar-refractivity contribution in [2.24, 2.45) is 11.1 Å². The number of nitrogens with zero attached hydrogens (tertiary/aromatic N) is 1. The minimum Gasteiger partial charge on any atom is -0.338 e. The summed E-state index contributed by atoms with van der Waals surface area (Å²) in [5, 5.41) is 0. The third-order valence-corrected chi connectivity index (χ3v) is 5.02. The number of thioether (sulfide) groups is 1. The predicted molar refractivity (Wildman–Crippen MR) is 70.6 cm³/mol. The van der Waals surface area contributed by atoms with Crippen LogP contribution in [-0.2, 0) is 4.79 Å². The van der Waals surface area contributed by atoms with Gasteiger partial charge in [0.1, 0.15) is 0 Å². The molecule has 1 saturated heterocycles. The Morgan fingerprint density at radius 1 is 1.50 bits per heavy atom. The zero-order chi connectivity index (χ0) is 12.2. The van der Waals surface area contributed by atoms with E-state index in [4.69, 9.17) is 5.73 Å². The van der Waals surface area contributed by atoms with Crippen molar-refractivity contribution in [1.29, 1.82) is 0 Å². The molecule has 16 heavy (non-hydrogen) atoms. The third-order valence-electron chi connectivity index (χ3n) is 3.83. The van der Waals surface area contributed by atoms with Gasteiger partial charge in [0, 0.05) is 30.6 Å². The summed E-state index contributed by atoms with van der Waals surface area (Å²) in [6, 6.07) is 0.357. The van der Waals surface area contributed by atoms with Gasteiger partial charge in [-0.05, 0) is 19.8 Å². The molecule has 0 saturated carbocycles. The molecule has 2 N–H and O–H groups in total. The van der Waals surface area contributed by atoms with E-state index in [0.29, 0.717) is 12.6 Å². The van der Waals surface area contributed by atoms with E-state index in [1.54, 1.807) is 0 Å². The van der Waals surface area contributed by atoms with Gasteiger partial charge in [-0.2, -0.15) is 11.8 Å². The fourth-order valence-electron chi connectivity index (χ4n) is 2.26. The summed E-state index contributed by atoms with van der Waals surface area (Å²) in [5.74, 6) is 2.39. The SMILES string of the molecule is CCC(CC)(CN)C(=O)N1CCSCC1C. The highest BCUT2D eigenvalue weighted by Crippen LogP contribution is 2.30. The standard InChI is InChI=1S/C12H24N2OS/c1-4-12(5-2,9-13)11(15)14-6-7-16-8-10(14)3/h10H,4-9,13H2,1-3H3. The third kappa shape index (κ3) is 2.54. The van der Waals surface area contributed by atoms with Crippen molar-refractivity contribution in [3.05, 3.63) is 0 Å². The van der Waals surface area contributed by atoms with Gasteiger partial charge in [0.15, 0.2) is 0 Å². The van der Waals surface area contributed by atoms with E-state index < -0.39 is 0 Å². The number of carbonyl (C=O) groups is 1. The molecule has 0 aromatic carbocycles. The Balaban J connectivity index is 2.80. The first-order chi connectivity index (χ1) is 7.61. The Morgan fingerprint density at radius 2 is 2.12 bits per heavy atom. The Labute approximate surface area is 103 Å². The molecule has 0 bridgehead atoms. The second-order valence-electron chi connectivity index (χ2n) is 4.61. The molecular formula is C12H24N2OS. The smallest absolute Gasteiger partial charge is 0.230 e. The molecule has 1 atom stereocenters. The lowest BCUT2D eigenvalue weighted by atomic mass is 9.80. The molecule has 1 fully saturated rings. The molecule has 1 aliphatic rings. The lowest BCUT2D eigenvalue weighted by Crippen LogP contribution is -2.53. The molecular weight excluding hydrogens is 220 g/mol. The van der Waals surface area contributed by atoms with Crippen molar-refractivity contribution in [3.63, 3.8) is 0 Å². The quantitative estimate of drug-likeness (QED) is 0.819. The predicted octanol–water partition coefficient (Wildman–Crippen LogP) is 1.72. The van der Waals surface area contributed by atoms with E-state index in [-0.39, 0.29) is 11.3 Å². The van der Waals surface area contributed by atoms with E-state index in [0.717, 1.165) is 30.9 Å². The van der Waals surface area contributed by atoms with Gasteiger partial charge in [-0.15, -0.1) is 0 Å². The fourth-order valence-corrected chi connectivity index (χ4v) is 3.28. The maximum absolute atomic E-state index is 12.6. The largest absolute Gasteiger partial charge is 0.338 e. The highest BCUT2D eigenvalue weighted by Gasteiger charge is 2.38. The first-order valence-electron chi connectivity index (χ1n) is 6.20. The minimum absolute atomic E-state index is 0.271. The highest BCUT2D eigenvalue weighted by atomic mass is 32.2. The van der Waals surface area contributed by atoms with Crippen molar-refractivity contribution < 1.29 is 4.79 Å². The maximum atomic E-state index is 12.6. The van der Waals surface area contributed by atoms with Crippen LogP contribution >= 0.6 is 11.8 Å². The molecule has 4 heteroatoms. The van der Waals surface area contributed by atoms with Gasteiger partial charge in [0.25, 0.3) is 0 Å². The minimum atomic E-state index is -0.323. The van der Waals surface area contributed by atoms with Crippen LogP contribution in [0.1, 0.15) is 33.6 Å². The van der Waals surface area contributed by atoms with Crippen LogP contribution in [0.15, 0.2) is 0 Å². The lowest BCUT2D eigenvalue weighted by molar-refractivity contribution is -0.143. The van der Waals surface area contributed by atoms with Crippen LogP contribution < -0.4 is 5.73 Å². The van der Waals surface area contributed by atoms with Crippen LogP contribution in [-0.4, -0.2) is 41.4 Å². The molecule has 0 aromatic rings. The Kier molecular flexibility index (Phi) is 5.12. The number of hydrogen-bond donors (Lipinski definition) is 1. The van der Waals surface area contributed by atoms with Crippen LogP contribution in [0.3, 0.4) is 0 Å². The molecule has 1 rings (SSSR count). The van der Waals surface area contributed by atoms with Gasteiger partial charge in [0.2, 0.25) is 5.91 Å². The Bertz CT molecular complexity index is 233. The van der Waals surface area contributed by atoms with Crippen LogP contribution in [0.4, 0.5) is 0 Å². The summed E-state index contributed by atoms with van der Waals surface area (Å²) in [5.41, 5.74) is 5.51. The number of carbonyl (C=O) groups excluding carboxylic acids is 1. The summed E-state index contributed by atoms with van der Waals surface area (Å²) in [6.07, 6.45) is 1.68. The van der Waals surface area contributed by atoms with E-state index in [2.05, 4.69) is 20.8 Å². The normalized spacial score (nSPS) is 22.2. The van der Waals surface area contributed by atoms with E-state index in [1.807, 2.05) is 16.7 Å². The first kappa shape index (κ1) is 13.8. The van der Waals surface area contributed by atoms with Gasteiger partial charge in [0.05, 0.1) is 5.41 Å². The topological polar surface area (TPSA) is 46.3 Å². The molecule has 0 spiro atoms. The summed E-state index contributed by atoms with van der Waals surface area (Å²) in [7, 11) is 0. The van der Waals surface area contributed by atoms with Gasteiger partial charge in [-0.25, -0.2) is 0 Å². The molecule has 1 unspecified atom stereocenters. The maximum Gasteiger partial charge on any atom is 0.230 e. The van der Waals surface area contributed by atoms with Crippen molar-refractivity contribution in [2.75, 3.05) is 24.6 Å². The van der Waals surface area contributed by atoms with Gasteiger partial charge < -0.3 is 10.6 Å². The number of amides is 1. The average Bonchev–Trinajstić information content (AvgIpc) is 2.32. The highest BCUT2D eigenvalue weighted by molar-refractivity contribution is 7.99. The second kappa shape index (κ2) is 5.92. The summed E-state index contributed by atoms with van der Waals surface area (Å²) >= 11 is 1.93. The Morgan fingerprint density at radius 3 is 2.56 bits per heavy atom. The molecule has 0 aromatic heterocycles. The van der Waals surface area contributed by atoms with Crippen LogP contribution in [0.2, 0.25) is 0 Å². The number of nitrogens with two attached hydrogens (primary N) is 1. The second-order valence-corrected chi connectivity index (χ2v) is 5.76. The lowest BCUT2D eigenvalue weighted by Gasteiger charge is -2.40. The number of rotatable bonds is 4. The molecule has 94 valence electrons. The molecule has 1 amide bonds. The average molecular weight is 244 g/mol.